The molecule has 2 aromatic rings. The van der Waals surface area contributed by atoms with Crippen LogP contribution in [0.3, 0.4) is 0 Å². The summed E-state index contributed by atoms with van der Waals surface area (Å²) in [5, 5.41) is 12.0. The fourth-order valence-corrected chi connectivity index (χ4v) is 2.83. The lowest BCUT2D eigenvalue weighted by Gasteiger charge is -2.36. The summed E-state index contributed by atoms with van der Waals surface area (Å²) >= 11 is 0. The number of rotatable bonds is 3. The largest absolute Gasteiger partial charge is 0.392 e. The molecular weight excluding hydrogens is 304 g/mol. The number of aliphatic hydroxyl groups excluding tert-OH is 1. The topological polar surface area (TPSA) is 68.7 Å². The van der Waals surface area contributed by atoms with Gasteiger partial charge in [-0.2, -0.15) is 0 Å². The van der Waals surface area contributed by atoms with E-state index >= 15 is 0 Å². The highest BCUT2D eigenvalue weighted by Crippen LogP contribution is 2.20. The second-order valence-electron chi connectivity index (χ2n) is 5.92. The van der Waals surface area contributed by atoms with E-state index in [0.29, 0.717) is 13.1 Å². The maximum Gasteiger partial charge on any atom is 0.321 e. The first-order valence-electron chi connectivity index (χ1n) is 8.08. The minimum Gasteiger partial charge on any atom is -0.392 e. The van der Waals surface area contributed by atoms with Crippen molar-refractivity contribution in [1.82, 2.24) is 9.88 Å². The van der Waals surface area contributed by atoms with Crippen molar-refractivity contribution in [3.05, 3.63) is 53.9 Å². The molecule has 0 radical (unpaired) electrons. The lowest BCUT2D eigenvalue weighted by molar-refractivity contribution is 0.208. The van der Waals surface area contributed by atoms with Gasteiger partial charge in [0.25, 0.3) is 0 Å². The van der Waals surface area contributed by atoms with Crippen molar-refractivity contribution < 1.29 is 9.90 Å². The zero-order valence-corrected chi connectivity index (χ0v) is 13.8. The van der Waals surface area contributed by atoms with E-state index in [1.165, 1.54) is 5.56 Å². The van der Waals surface area contributed by atoms with E-state index in [9.17, 15) is 4.79 Å². The summed E-state index contributed by atoms with van der Waals surface area (Å²) in [7, 11) is 0. The highest BCUT2D eigenvalue weighted by Gasteiger charge is 2.22. The summed E-state index contributed by atoms with van der Waals surface area (Å²) in [5.74, 6) is 0. The van der Waals surface area contributed by atoms with Crippen LogP contribution >= 0.6 is 0 Å². The van der Waals surface area contributed by atoms with Crippen molar-refractivity contribution in [3.63, 3.8) is 0 Å². The smallest absolute Gasteiger partial charge is 0.321 e. The second kappa shape index (κ2) is 7.31. The van der Waals surface area contributed by atoms with Crippen LogP contribution in [0.15, 0.2) is 42.7 Å². The van der Waals surface area contributed by atoms with Gasteiger partial charge in [-0.25, -0.2) is 4.79 Å². The molecule has 6 nitrogen and oxygen atoms in total. The van der Waals surface area contributed by atoms with Crippen LogP contribution in [0.1, 0.15) is 11.1 Å². The van der Waals surface area contributed by atoms with Crippen molar-refractivity contribution >= 4 is 17.4 Å². The van der Waals surface area contributed by atoms with Gasteiger partial charge in [-0.05, 0) is 36.2 Å². The number of nitrogens with zero attached hydrogens (tertiary/aromatic N) is 3. The molecule has 1 aliphatic heterocycles. The third-order valence-electron chi connectivity index (χ3n) is 4.31. The van der Waals surface area contributed by atoms with E-state index in [2.05, 4.69) is 22.1 Å². The normalized spacial score (nSPS) is 14.6. The van der Waals surface area contributed by atoms with Crippen LogP contribution in [0.5, 0.6) is 0 Å². The highest BCUT2D eigenvalue weighted by atomic mass is 16.3. The van der Waals surface area contributed by atoms with Crippen molar-refractivity contribution in [1.29, 1.82) is 0 Å². The first kappa shape index (κ1) is 16.3. The van der Waals surface area contributed by atoms with Gasteiger partial charge in [0.05, 0.1) is 18.5 Å². The van der Waals surface area contributed by atoms with E-state index in [1.54, 1.807) is 30.5 Å². The Balaban J connectivity index is 1.56. The van der Waals surface area contributed by atoms with Crippen LogP contribution in [0.2, 0.25) is 0 Å². The third-order valence-corrected chi connectivity index (χ3v) is 4.31. The molecule has 1 saturated heterocycles. The lowest BCUT2D eigenvalue weighted by Crippen LogP contribution is -2.50. The molecule has 0 aliphatic carbocycles. The predicted molar refractivity (Wildman–Crippen MR) is 94.1 cm³/mol. The SMILES string of the molecule is Cc1ccncc1N1CCN(C(=O)Nc2ccc(CO)cc2)CC1. The van der Waals surface area contributed by atoms with E-state index in [1.807, 2.05) is 17.2 Å². The zero-order chi connectivity index (χ0) is 16.9. The van der Waals surface area contributed by atoms with Gasteiger partial charge >= 0.3 is 6.03 Å². The molecule has 0 unspecified atom stereocenters. The van der Waals surface area contributed by atoms with Gasteiger partial charge in [0.1, 0.15) is 0 Å². The van der Waals surface area contributed by atoms with Crippen LogP contribution in [-0.2, 0) is 6.61 Å². The Hall–Kier alpha value is -2.60. The fraction of sp³-hybridized carbons (Fsp3) is 0.333. The molecule has 3 rings (SSSR count). The third kappa shape index (κ3) is 3.65. The van der Waals surface area contributed by atoms with E-state index in [-0.39, 0.29) is 12.6 Å². The Kier molecular flexibility index (Phi) is 4.96. The summed E-state index contributed by atoms with van der Waals surface area (Å²) < 4.78 is 0. The Bertz CT molecular complexity index is 694. The molecule has 1 fully saturated rings. The van der Waals surface area contributed by atoms with Gasteiger partial charge in [-0.3, -0.25) is 4.98 Å². The molecule has 0 spiro atoms. The number of carbonyl (C=O) groups is 1. The molecule has 0 bridgehead atoms. The van der Waals surface area contributed by atoms with Gasteiger partial charge in [-0.15, -0.1) is 0 Å². The number of aliphatic hydroxyl groups is 1. The number of aryl methyl sites for hydroxylation is 1. The number of nitrogens with one attached hydrogen (secondary N) is 1. The summed E-state index contributed by atoms with van der Waals surface area (Å²) in [5.41, 5.74) is 3.90. The van der Waals surface area contributed by atoms with Gasteiger partial charge in [0.15, 0.2) is 0 Å². The molecule has 1 aromatic carbocycles. The number of aromatic nitrogens is 1. The van der Waals surface area contributed by atoms with Crippen molar-refractivity contribution in [2.45, 2.75) is 13.5 Å². The maximum absolute atomic E-state index is 12.4. The molecular formula is C18H22N4O2. The summed E-state index contributed by atoms with van der Waals surface area (Å²) in [6.45, 7) is 5.02. The number of benzene rings is 1. The van der Waals surface area contributed by atoms with Crippen molar-refractivity contribution in [3.8, 4) is 0 Å². The molecule has 1 aromatic heterocycles. The fourth-order valence-electron chi connectivity index (χ4n) is 2.83. The Morgan fingerprint density at radius 3 is 2.50 bits per heavy atom. The Morgan fingerprint density at radius 1 is 1.17 bits per heavy atom. The van der Waals surface area contributed by atoms with E-state index in [0.717, 1.165) is 30.0 Å². The molecule has 2 N–H and O–H groups in total. The monoisotopic (exact) mass is 326 g/mol. The van der Waals surface area contributed by atoms with Gasteiger partial charge < -0.3 is 20.2 Å². The first-order chi connectivity index (χ1) is 11.7. The molecule has 1 aliphatic rings. The highest BCUT2D eigenvalue weighted by molar-refractivity contribution is 5.89. The maximum atomic E-state index is 12.4. The second-order valence-corrected chi connectivity index (χ2v) is 5.92. The number of amides is 2. The van der Waals surface area contributed by atoms with E-state index in [4.69, 9.17) is 5.11 Å². The first-order valence-corrected chi connectivity index (χ1v) is 8.08. The van der Waals surface area contributed by atoms with Crippen molar-refractivity contribution in [2.24, 2.45) is 0 Å². The van der Waals surface area contributed by atoms with Gasteiger partial charge in [-0.1, -0.05) is 12.1 Å². The standard InChI is InChI=1S/C18H22N4O2/c1-14-6-7-19-12-17(14)21-8-10-22(11-9-21)18(24)20-16-4-2-15(13-23)3-5-16/h2-7,12,23H,8-11,13H2,1H3,(H,20,24). The van der Waals surface area contributed by atoms with Crippen LogP contribution < -0.4 is 10.2 Å². The number of hydrogen-bond acceptors (Lipinski definition) is 4. The van der Waals surface area contributed by atoms with Crippen LogP contribution in [0.25, 0.3) is 0 Å². The average molecular weight is 326 g/mol. The molecule has 0 atom stereocenters. The number of urea groups is 1. The van der Waals surface area contributed by atoms with Gasteiger partial charge in [0, 0.05) is 38.1 Å². The molecule has 126 valence electrons. The zero-order valence-electron chi connectivity index (χ0n) is 13.8. The molecule has 2 amide bonds. The Labute approximate surface area is 141 Å². The molecule has 6 heteroatoms. The van der Waals surface area contributed by atoms with Crippen LogP contribution in [-0.4, -0.2) is 47.2 Å². The van der Waals surface area contributed by atoms with E-state index < -0.39 is 0 Å². The number of hydrogen-bond donors (Lipinski definition) is 2. The Morgan fingerprint density at radius 2 is 1.88 bits per heavy atom. The average Bonchev–Trinajstić information content (AvgIpc) is 2.63. The summed E-state index contributed by atoms with van der Waals surface area (Å²) in [6.07, 6.45) is 3.68. The number of anilines is 2. The predicted octanol–water partition coefficient (Wildman–Crippen LogP) is 2.24. The number of carbonyl (C=O) groups excluding carboxylic acids is 1. The molecule has 0 saturated carbocycles. The lowest BCUT2D eigenvalue weighted by atomic mass is 10.2. The van der Waals surface area contributed by atoms with Crippen LogP contribution in [0.4, 0.5) is 16.2 Å². The van der Waals surface area contributed by atoms with Gasteiger partial charge in [0.2, 0.25) is 0 Å². The summed E-state index contributed by atoms with van der Waals surface area (Å²) in [4.78, 5) is 20.6. The van der Waals surface area contributed by atoms with Crippen molar-refractivity contribution in [2.75, 3.05) is 36.4 Å². The minimum absolute atomic E-state index is 0.00391. The molecule has 24 heavy (non-hydrogen) atoms. The van der Waals surface area contributed by atoms with Crippen LogP contribution in [0, 0.1) is 6.92 Å². The minimum atomic E-state index is -0.0886. The number of pyridine rings is 1. The summed E-state index contributed by atoms with van der Waals surface area (Å²) in [6, 6.07) is 9.13. The number of piperazine rings is 1. The quantitative estimate of drug-likeness (QED) is 0.908. The molecule has 2 heterocycles.